The molecule has 2 aromatic rings. The standard InChI is InChI=1S/C11H12FN3O/c12-7-1-2-8-9(5-7)14-15-3-4-16-10(6-13)11(8)15/h1-2,5,10H,3-4,6,13H2/p+1. The zero-order valence-electron chi connectivity index (χ0n) is 8.82. The summed E-state index contributed by atoms with van der Waals surface area (Å²) < 4.78 is 20.6. The van der Waals surface area contributed by atoms with E-state index in [1.165, 1.54) is 12.1 Å². The Hall–Kier alpha value is -1.46. The third kappa shape index (κ3) is 1.32. The van der Waals surface area contributed by atoms with Crippen molar-refractivity contribution in [1.29, 1.82) is 0 Å². The van der Waals surface area contributed by atoms with Gasteiger partial charge in [0.25, 0.3) is 0 Å². The van der Waals surface area contributed by atoms with Crippen LogP contribution in [0.2, 0.25) is 0 Å². The van der Waals surface area contributed by atoms with E-state index in [4.69, 9.17) is 4.74 Å². The van der Waals surface area contributed by atoms with Gasteiger partial charge in [-0.3, -0.25) is 4.68 Å². The molecular weight excluding hydrogens is 209 g/mol. The molecule has 1 aromatic heterocycles. The van der Waals surface area contributed by atoms with Crippen LogP contribution in [0.1, 0.15) is 11.8 Å². The lowest BCUT2D eigenvalue weighted by Crippen LogP contribution is -2.54. The van der Waals surface area contributed by atoms with Crippen LogP contribution in [0, 0.1) is 5.82 Å². The summed E-state index contributed by atoms with van der Waals surface area (Å²) >= 11 is 0. The van der Waals surface area contributed by atoms with E-state index in [9.17, 15) is 4.39 Å². The fourth-order valence-corrected chi connectivity index (χ4v) is 2.22. The van der Waals surface area contributed by atoms with Crippen LogP contribution in [0.15, 0.2) is 18.2 Å². The van der Waals surface area contributed by atoms with Crippen LogP contribution < -0.4 is 5.73 Å². The summed E-state index contributed by atoms with van der Waals surface area (Å²) in [4.78, 5) is 0. The van der Waals surface area contributed by atoms with Crippen molar-refractivity contribution in [3.63, 3.8) is 0 Å². The van der Waals surface area contributed by atoms with E-state index in [-0.39, 0.29) is 11.9 Å². The molecule has 1 aliphatic rings. The lowest BCUT2D eigenvalue weighted by atomic mass is 10.1. The van der Waals surface area contributed by atoms with Crippen LogP contribution in [-0.4, -0.2) is 22.9 Å². The zero-order valence-corrected chi connectivity index (χ0v) is 8.82. The van der Waals surface area contributed by atoms with Gasteiger partial charge in [0.05, 0.1) is 24.4 Å². The predicted octanol–water partition coefficient (Wildman–Crippen LogP) is 0.489. The van der Waals surface area contributed by atoms with Gasteiger partial charge in [-0.05, 0) is 12.1 Å². The maximum Gasteiger partial charge on any atom is 0.148 e. The van der Waals surface area contributed by atoms with E-state index in [0.717, 1.165) is 17.6 Å². The summed E-state index contributed by atoms with van der Waals surface area (Å²) in [6.45, 7) is 2.03. The molecule has 0 aliphatic carbocycles. The Morgan fingerprint density at radius 3 is 3.25 bits per heavy atom. The van der Waals surface area contributed by atoms with Crippen molar-refractivity contribution in [2.45, 2.75) is 12.6 Å². The Morgan fingerprint density at radius 1 is 1.56 bits per heavy atom. The Kier molecular flexibility index (Phi) is 2.15. The molecule has 4 nitrogen and oxygen atoms in total. The Bertz CT molecular complexity index is 537. The second-order valence-electron chi connectivity index (χ2n) is 3.92. The Balaban J connectivity index is 2.26. The van der Waals surface area contributed by atoms with E-state index in [1.807, 2.05) is 4.68 Å². The van der Waals surface area contributed by atoms with Crippen LogP contribution in [0.4, 0.5) is 4.39 Å². The third-order valence-electron chi connectivity index (χ3n) is 2.93. The molecule has 1 aliphatic heterocycles. The number of nitrogens with zero attached hydrogens (tertiary/aromatic N) is 2. The highest BCUT2D eigenvalue weighted by molar-refractivity contribution is 5.82. The van der Waals surface area contributed by atoms with Gasteiger partial charge in [0.2, 0.25) is 0 Å². The second-order valence-corrected chi connectivity index (χ2v) is 3.92. The van der Waals surface area contributed by atoms with E-state index >= 15 is 0 Å². The quantitative estimate of drug-likeness (QED) is 0.763. The van der Waals surface area contributed by atoms with Gasteiger partial charge in [-0.25, -0.2) is 4.39 Å². The van der Waals surface area contributed by atoms with Crippen LogP contribution in [0.3, 0.4) is 0 Å². The first-order valence-corrected chi connectivity index (χ1v) is 5.36. The maximum absolute atomic E-state index is 13.1. The molecule has 5 heteroatoms. The van der Waals surface area contributed by atoms with Gasteiger partial charge in [0.1, 0.15) is 18.5 Å². The van der Waals surface area contributed by atoms with E-state index in [2.05, 4.69) is 10.8 Å². The minimum absolute atomic E-state index is 0.0239. The van der Waals surface area contributed by atoms with E-state index in [0.29, 0.717) is 18.7 Å². The molecule has 84 valence electrons. The molecule has 1 aromatic carbocycles. The fourth-order valence-electron chi connectivity index (χ4n) is 2.22. The summed E-state index contributed by atoms with van der Waals surface area (Å²) in [7, 11) is 0. The number of rotatable bonds is 1. The molecule has 0 saturated carbocycles. The summed E-state index contributed by atoms with van der Waals surface area (Å²) in [5, 5.41) is 5.35. The van der Waals surface area contributed by atoms with Gasteiger partial charge in [0.15, 0.2) is 0 Å². The molecule has 3 N–H and O–H groups in total. The van der Waals surface area contributed by atoms with Crippen molar-refractivity contribution >= 4 is 10.9 Å². The van der Waals surface area contributed by atoms with Gasteiger partial charge in [-0.1, -0.05) is 0 Å². The molecule has 0 spiro atoms. The smallest absolute Gasteiger partial charge is 0.148 e. The molecule has 16 heavy (non-hydrogen) atoms. The lowest BCUT2D eigenvalue weighted by Gasteiger charge is -2.21. The van der Waals surface area contributed by atoms with Crippen molar-refractivity contribution in [3.8, 4) is 0 Å². The Morgan fingerprint density at radius 2 is 2.44 bits per heavy atom. The largest absolute Gasteiger partial charge is 0.364 e. The SMILES string of the molecule is [NH3+]CC1OCCn2nc3cc(F)ccc3c21. The highest BCUT2D eigenvalue weighted by Gasteiger charge is 2.25. The highest BCUT2D eigenvalue weighted by Crippen LogP contribution is 2.29. The second kappa shape index (κ2) is 3.54. The van der Waals surface area contributed by atoms with Crippen LogP contribution in [0.5, 0.6) is 0 Å². The van der Waals surface area contributed by atoms with Crippen molar-refractivity contribution < 1.29 is 14.9 Å². The normalized spacial score (nSPS) is 20.0. The lowest BCUT2D eigenvalue weighted by molar-refractivity contribution is -0.389. The fraction of sp³-hybridized carbons (Fsp3) is 0.364. The number of quaternary nitrogens is 1. The predicted molar refractivity (Wildman–Crippen MR) is 56.1 cm³/mol. The minimum atomic E-state index is -0.255. The third-order valence-corrected chi connectivity index (χ3v) is 2.93. The minimum Gasteiger partial charge on any atom is -0.364 e. The van der Waals surface area contributed by atoms with Gasteiger partial charge < -0.3 is 10.5 Å². The van der Waals surface area contributed by atoms with E-state index in [1.54, 1.807) is 6.07 Å². The van der Waals surface area contributed by atoms with Crippen molar-refractivity contribution in [2.75, 3.05) is 13.2 Å². The molecule has 1 unspecified atom stereocenters. The number of benzene rings is 1. The number of halogens is 1. The van der Waals surface area contributed by atoms with Crippen LogP contribution >= 0.6 is 0 Å². The average molecular weight is 222 g/mol. The molecular formula is C11H13FN3O+. The maximum atomic E-state index is 13.1. The molecule has 2 heterocycles. The number of fused-ring (bicyclic) bond motifs is 3. The van der Waals surface area contributed by atoms with Crippen molar-refractivity contribution in [1.82, 2.24) is 9.78 Å². The van der Waals surface area contributed by atoms with Gasteiger partial charge in [-0.15, -0.1) is 0 Å². The molecule has 0 saturated heterocycles. The van der Waals surface area contributed by atoms with Crippen molar-refractivity contribution in [2.24, 2.45) is 0 Å². The first-order chi connectivity index (χ1) is 7.79. The highest BCUT2D eigenvalue weighted by atomic mass is 19.1. The summed E-state index contributed by atoms with van der Waals surface area (Å²) in [5.74, 6) is -0.255. The first kappa shape index (κ1) is 9.74. The number of hydrogen-bond donors (Lipinski definition) is 1. The average Bonchev–Trinajstić information content (AvgIpc) is 2.65. The van der Waals surface area contributed by atoms with Crippen LogP contribution in [-0.2, 0) is 11.3 Å². The molecule has 0 amide bonds. The van der Waals surface area contributed by atoms with Crippen molar-refractivity contribution in [3.05, 3.63) is 29.7 Å². The van der Waals surface area contributed by atoms with Crippen LogP contribution in [0.25, 0.3) is 10.9 Å². The number of hydrogen-bond acceptors (Lipinski definition) is 2. The monoisotopic (exact) mass is 222 g/mol. The summed E-state index contributed by atoms with van der Waals surface area (Å²) in [5.41, 5.74) is 5.59. The summed E-state index contributed by atoms with van der Waals surface area (Å²) in [6, 6.07) is 4.68. The zero-order chi connectivity index (χ0) is 11.1. The molecule has 0 radical (unpaired) electrons. The van der Waals surface area contributed by atoms with Gasteiger partial charge >= 0.3 is 0 Å². The number of aromatic nitrogens is 2. The topological polar surface area (TPSA) is 54.7 Å². The van der Waals surface area contributed by atoms with E-state index < -0.39 is 0 Å². The number of ether oxygens (including phenoxy) is 1. The first-order valence-electron chi connectivity index (χ1n) is 5.36. The molecule has 1 atom stereocenters. The van der Waals surface area contributed by atoms with Gasteiger partial charge in [-0.2, -0.15) is 5.10 Å². The molecule has 0 bridgehead atoms. The molecule has 0 fully saturated rings. The van der Waals surface area contributed by atoms with Gasteiger partial charge in [0, 0.05) is 11.5 Å². The summed E-state index contributed by atoms with van der Waals surface area (Å²) in [6.07, 6.45) is -0.0239. The molecule has 3 rings (SSSR count). The Labute approximate surface area is 91.8 Å².